The van der Waals surface area contributed by atoms with E-state index in [-0.39, 0.29) is 0 Å². The minimum Gasteiger partial charge on any atom is -0.330 e. The van der Waals surface area contributed by atoms with Gasteiger partial charge in [0.15, 0.2) is 0 Å². The molecule has 70 valence electrons. The Morgan fingerprint density at radius 1 is 1.54 bits per heavy atom. The van der Waals surface area contributed by atoms with E-state index < -0.39 is 0 Å². The second-order valence-corrected chi connectivity index (χ2v) is 3.54. The van der Waals surface area contributed by atoms with Crippen molar-refractivity contribution in [1.82, 2.24) is 0 Å². The highest BCUT2D eigenvalue weighted by Gasteiger charge is 2.02. The maximum absolute atomic E-state index is 5.89. The van der Waals surface area contributed by atoms with Crippen LogP contribution in [0.25, 0.3) is 5.57 Å². The van der Waals surface area contributed by atoms with E-state index in [4.69, 9.17) is 17.3 Å². The van der Waals surface area contributed by atoms with Gasteiger partial charge >= 0.3 is 0 Å². The Bertz CT molecular complexity index is 318. The number of hydrogen-bond donors (Lipinski definition) is 1. The number of benzene rings is 1. The molecular formula is C11H14ClN. The molecule has 0 heterocycles. The Hall–Kier alpha value is -0.790. The van der Waals surface area contributed by atoms with Gasteiger partial charge < -0.3 is 5.73 Å². The highest BCUT2D eigenvalue weighted by atomic mass is 35.5. The SMILES string of the molecule is C=C(CCN)c1cc(Cl)ccc1C. The van der Waals surface area contributed by atoms with Crippen molar-refractivity contribution < 1.29 is 0 Å². The van der Waals surface area contributed by atoms with Crippen LogP contribution in [0.2, 0.25) is 5.02 Å². The quantitative estimate of drug-likeness (QED) is 0.789. The van der Waals surface area contributed by atoms with Gasteiger partial charge in [-0.05, 0) is 48.7 Å². The van der Waals surface area contributed by atoms with E-state index in [1.807, 2.05) is 25.1 Å². The molecule has 0 atom stereocenters. The summed E-state index contributed by atoms with van der Waals surface area (Å²) in [5.74, 6) is 0. The monoisotopic (exact) mass is 195 g/mol. The lowest BCUT2D eigenvalue weighted by molar-refractivity contribution is 1.02. The predicted octanol–water partition coefficient (Wildman–Crippen LogP) is 3.01. The molecule has 0 aliphatic rings. The van der Waals surface area contributed by atoms with Gasteiger partial charge in [-0.1, -0.05) is 24.2 Å². The molecule has 0 aliphatic heterocycles. The number of rotatable bonds is 3. The second-order valence-electron chi connectivity index (χ2n) is 3.10. The summed E-state index contributed by atoms with van der Waals surface area (Å²) >= 11 is 5.89. The molecule has 0 saturated heterocycles. The smallest absolute Gasteiger partial charge is 0.0412 e. The number of halogens is 1. The fourth-order valence-electron chi connectivity index (χ4n) is 1.28. The zero-order valence-electron chi connectivity index (χ0n) is 7.81. The van der Waals surface area contributed by atoms with Crippen molar-refractivity contribution in [2.24, 2.45) is 5.73 Å². The fourth-order valence-corrected chi connectivity index (χ4v) is 1.46. The van der Waals surface area contributed by atoms with E-state index in [9.17, 15) is 0 Å². The van der Waals surface area contributed by atoms with E-state index in [1.165, 1.54) is 5.56 Å². The van der Waals surface area contributed by atoms with Crippen molar-refractivity contribution in [2.45, 2.75) is 13.3 Å². The molecule has 13 heavy (non-hydrogen) atoms. The standard InChI is InChI=1S/C11H14ClN/c1-8-3-4-10(12)7-11(8)9(2)5-6-13/h3-4,7H,2,5-6,13H2,1H3. The van der Waals surface area contributed by atoms with Crippen LogP contribution in [0.4, 0.5) is 0 Å². The highest BCUT2D eigenvalue weighted by Crippen LogP contribution is 2.23. The molecule has 0 unspecified atom stereocenters. The first-order valence-electron chi connectivity index (χ1n) is 4.29. The minimum absolute atomic E-state index is 0.630. The Balaban J connectivity index is 2.99. The summed E-state index contributed by atoms with van der Waals surface area (Å²) < 4.78 is 0. The summed E-state index contributed by atoms with van der Waals surface area (Å²) in [6.07, 6.45) is 0.821. The van der Waals surface area contributed by atoms with Crippen molar-refractivity contribution in [3.05, 3.63) is 40.9 Å². The summed E-state index contributed by atoms with van der Waals surface area (Å²) in [5, 5.41) is 0.749. The lowest BCUT2D eigenvalue weighted by Gasteiger charge is -2.08. The third-order valence-corrected chi connectivity index (χ3v) is 2.26. The van der Waals surface area contributed by atoms with Gasteiger partial charge in [0.05, 0.1) is 0 Å². The summed E-state index contributed by atoms with van der Waals surface area (Å²) in [6, 6.07) is 5.82. The molecule has 0 amide bonds. The van der Waals surface area contributed by atoms with Crippen LogP contribution < -0.4 is 5.73 Å². The van der Waals surface area contributed by atoms with Crippen molar-refractivity contribution in [3.63, 3.8) is 0 Å². The number of aryl methyl sites for hydroxylation is 1. The Kier molecular flexibility index (Phi) is 3.52. The van der Waals surface area contributed by atoms with Crippen LogP contribution in [0.5, 0.6) is 0 Å². The Morgan fingerprint density at radius 3 is 2.85 bits per heavy atom. The van der Waals surface area contributed by atoms with Crippen LogP contribution >= 0.6 is 11.6 Å². The van der Waals surface area contributed by atoms with Crippen LogP contribution in [-0.2, 0) is 0 Å². The molecule has 0 radical (unpaired) electrons. The molecule has 0 fully saturated rings. The topological polar surface area (TPSA) is 26.0 Å². The van der Waals surface area contributed by atoms with E-state index in [0.29, 0.717) is 6.54 Å². The molecule has 1 rings (SSSR count). The van der Waals surface area contributed by atoms with Crippen molar-refractivity contribution in [2.75, 3.05) is 6.54 Å². The zero-order chi connectivity index (χ0) is 9.84. The predicted molar refractivity (Wildman–Crippen MR) is 58.9 cm³/mol. The van der Waals surface area contributed by atoms with Crippen molar-refractivity contribution in [3.8, 4) is 0 Å². The molecular weight excluding hydrogens is 182 g/mol. The molecule has 0 aromatic heterocycles. The summed E-state index contributed by atoms with van der Waals surface area (Å²) in [4.78, 5) is 0. The molecule has 0 aliphatic carbocycles. The Morgan fingerprint density at radius 2 is 2.23 bits per heavy atom. The van der Waals surface area contributed by atoms with Gasteiger partial charge in [0.1, 0.15) is 0 Å². The lowest BCUT2D eigenvalue weighted by Crippen LogP contribution is -2.00. The molecule has 2 heteroatoms. The van der Waals surface area contributed by atoms with Crippen LogP contribution in [-0.4, -0.2) is 6.54 Å². The van der Waals surface area contributed by atoms with Crippen LogP contribution in [0.1, 0.15) is 17.5 Å². The molecule has 0 bridgehead atoms. The third kappa shape index (κ3) is 2.58. The van der Waals surface area contributed by atoms with Crippen LogP contribution in [0.3, 0.4) is 0 Å². The molecule has 1 aromatic rings. The molecule has 0 spiro atoms. The number of hydrogen-bond acceptors (Lipinski definition) is 1. The van der Waals surface area contributed by atoms with E-state index in [1.54, 1.807) is 0 Å². The lowest BCUT2D eigenvalue weighted by atomic mass is 10.00. The average Bonchev–Trinajstić information content (AvgIpc) is 2.09. The van der Waals surface area contributed by atoms with Gasteiger partial charge in [-0.15, -0.1) is 0 Å². The average molecular weight is 196 g/mol. The first-order chi connectivity index (χ1) is 6.15. The molecule has 2 N–H and O–H groups in total. The van der Waals surface area contributed by atoms with Gasteiger partial charge in [-0.2, -0.15) is 0 Å². The van der Waals surface area contributed by atoms with Crippen LogP contribution in [0.15, 0.2) is 24.8 Å². The van der Waals surface area contributed by atoms with Gasteiger partial charge in [-0.25, -0.2) is 0 Å². The van der Waals surface area contributed by atoms with Crippen LogP contribution in [0, 0.1) is 6.92 Å². The normalized spacial score (nSPS) is 10.1. The first-order valence-corrected chi connectivity index (χ1v) is 4.67. The molecule has 1 nitrogen and oxygen atoms in total. The van der Waals surface area contributed by atoms with Gasteiger partial charge in [0.2, 0.25) is 0 Å². The maximum Gasteiger partial charge on any atom is 0.0412 e. The van der Waals surface area contributed by atoms with Gasteiger partial charge in [0.25, 0.3) is 0 Å². The van der Waals surface area contributed by atoms with Crippen molar-refractivity contribution >= 4 is 17.2 Å². The summed E-state index contributed by atoms with van der Waals surface area (Å²) in [5.41, 5.74) is 8.84. The molecule has 0 saturated carbocycles. The Labute approximate surface area is 84.2 Å². The molecule has 1 aromatic carbocycles. The van der Waals surface area contributed by atoms with Crippen molar-refractivity contribution in [1.29, 1.82) is 0 Å². The van der Waals surface area contributed by atoms with E-state index in [0.717, 1.165) is 22.6 Å². The third-order valence-electron chi connectivity index (χ3n) is 2.03. The highest BCUT2D eigenvalue weighted by molar-refractivity contribution is 6.30. The fraction of sp³-hybridized carbons (Fsp3) is 0.273. The largest absolute Gasteiger partial charge is 0.330 e. The maximum atomic E-state index is 5.89. The number of nitrogens with two attached hydrogens (primary N) is 1. The first kappa shape index (κ1) is 10.3. The summed E-state index contributed by atoms with van der Waals surface area (Å²) in [6.45, 7) is 6.66. The summed E-state index contributed by atoms with van der Waals surface area (Å²) in [7, 11) is 0. The van der Waals surface area contributed by atoms with E-state index in [2.05, 4.69) is 6.58 Å². The zero-order valence-corrected chi connectivity index (χ0v) is 8.56. The van der Waals surface area contributed by atoms with E-state index >= 15 is 0 Å². The second kappa shape index (κ2) is 4.45. The minimum atomic E-state index is 0.630. The van der Waals surface area contributed by atoms with Gasteiger partial charge in [0, 0.05) is 5.02 Å². The van der Waals surface area contributed by atoms with Gasteiger partial charge in [-0.3, -0.25) is 0 Å².